The number of carboxylic acids is 1. The Morgan fingerprint density at radius 3 is 3.06 bits per heavy atom. The highest BCUT2D eigenvalue weighted by atomic mass is 16.5. The first kappa shape index (κ1) is 11.2. The zero-order valence-corrected chi connectivity index (χ0v) is 9.30. The van der Waals surface area contributed by atoms with E-state index in [2.05, 4.69) is 10.2 Å². The first-order valence-corrected chi connectivity index (χ1v) is 5.09. The van der Waals surface area contributed by atoms with Gasteiger partial charge in [-0.05, 0) is 17.7 Å². The Bertz CT molecular complexity index is 534. The fourth-order valence-electron chi connectivity index (χ4n) is 1.64. The molecule has 0 aliphatic rings. The van der Waals surface area contributed by atoms with E-state index < -0.39 is 5.97 Å². The SMILES string of the molecule is COc1cccc(-c2cn[nH]c2CC(=O)O)c1. The maximum atomic E-state index is 10.7. The van der Waals surface area contributed by atoms with Crippen molar-refractivity contribution in [3.63, 3.8) is 0 Å². The lowest BCUT2D eigenvalue weighted by Crippen LogP contribution is -2.01. The van der Waals surface area contributed by atoms with Gasteiger partial charge in [0.25, 0.3) is 0 Å². The number of hydrogen-bond acceptors (Lipinski definition) is 3. The van der Waals surface area contributed by atoms with Crippen LogP contribution in [0.1, 0.15) is 5.69 Å². The lowest BCUT2D eigenvalue weighted by atomic mass is 10.0. The van der Waals surface area contributed by atoms with Gasteiger partial charge >= 0.3 is 5.97 Å². The molecule has 2 rings (SSSR count). The molecule has 0 saturated carbocycles. The number of ether oxygens (including phenoxy) is 1. The van der Waals surface area contributed by atoms with E-state index in [0.29, 0.717) is 5.69 Å². The summed E-state index contributed by atoms with van der Waals surface area (Å²) in [5.74, 6) is -0.164. The Hall–Kier alpha value is -2.30. The van der Waals surface area contributed by atoms with Crippen molar-refractivity contribution < 1.29 is 14.6 Å². The van der Waals surface area contributed by atoms with E-state index >= 15 is 0 Å². The van der Waals surface area contributed by atoms with E-state index in [0.717, 1.165) is 16.9 Å². The van der Waals surface area contributed by atoms with Crippen LogP contribution in [0.2, 0.25) is 0 Å². The van der Waals surface area contributed by atoms with Crippen molar-refractivity contribution >= 4 is 5.97 Å². The number of H-pyrrole nitrogens is 1. The predicted octanol–water partition coefficient (Wildman–Crippen LogP) is 1.71. The van der Waals surface area contributed by atoms with Crippen molar-refractivity contribution in [2.45, 2.75) is 6.42 Å². The molecule has 0 bridgehead atoms. The fourth-order valence-corrected chi connectivity index (χ4v) is 1.64. The summed E-state index contributed by atoms with van der Waals surface area (Å²) < 4.78 is 5.13. The van der Waals surface area contributed by atoms with Crippen LogP contribution in [0.4, 0.5) is 0 Å². The van der Waals surface area contributed by atoms with Gasteiger partial charge in [0, 0.05) is 5.56 Å². The molecule has 2 N–H and O–H groups in total. The van der Waals surface area contributed by atoms with E-state index in [1.165, 1.54) is 0 Å². The van der Waals surface area contributed by atoms with Crippen molar-refractivity contribution in [2.24, 2.45) is 0 Å². The van der Waals surface area contributed by atoms with Crippen LogP contribution in [0.25, 0.3) is 11.1 Å². The minimum Gasteiger partial charge on any atom is -0.497 e. The highest BCUT2D eigenvalue weighted by Crippen LogP contribution is 2.25. The van der Waals surface area contributed by atoms with Crippen LogP contribution in [-0.2, 0) is 11.2 Å². The third kappa shape index (κ3) is 2.44. The second-order valence-corrected chi connectivity index (χ2v) is 3.56. The van der Waals surface area contributed by atoms with Crippen LogP contribution < -0.4 is 4.74 Å². The van der Waals surface area contributed by atoms with Gasteiger partial charge in [-0.15, -0.1) is 0 Å². The first-order chi connectivity index (χ1) is 8.20. The number of aliphatic carboxylic acids is 1. The van der Waals surface area contributed by atoms with Gasteiger partial charge in [0.05, 0.1) is 25.4 Å². The molecule has 0 spiro atoms. The molecule has 0 atom stereocenters. The van der Waals surface area contributed by atoms with Gasteiger partial charge in [0.2, 0.25) is 0 Å². The second-order valence-electron chi connectivity index (χ2n) is 3.56. The molecule has 1 aromatic carbocycles. The number of carboxylic acid groups (broad SMARTS) is 1. The third-order valence-corrected chi connectivity index (χ3v) is 2.43. The van der Waals surface area contributed by atoms with Gasteiger partial charge in [-0.1, -0.05) is 12.1 Å². The highest BCUT2D eigenvalue weighted by molar-refractivity contribution is 5.75. The minimum absolute atomic E-state index is 0.0768. The second kappa shape index (κ2) is 4.69. The van der Waals surface area contributed by atoms with Gasteiger partial charge < -0.3 is 9.84 Å². The minimum atomic E-state index is -0.890. The molecule has 1 heterocycles. The lowest BCUT2D eigenvalue weighted by molar-refractivity contribution is -0.136. The topological polar surface area (TPSA) is 75.2 Å². The average Bonchev–Trinajstić information content (AvgIpc) is 2.76. The van der Waals surface area contributed by atoms with Crippen molar-refractivity contribution in [2.75, 3.05) is 7.11 Å². The summed E-state index contributed by atoms with van der Waals surface area (Å²) in [4.78, 5) is 10.7. The highest BCUT2D eigenvalue weighted by Gasteiger charge is 2.11. The van der Waals surface area contributed by atoms with Gasteiger partial charge in [-0.2, -0.15) is 5.10 Å². The standard InChI is InChI=1S/C12H12N2O3/c1-17-9-4-2-3-8(5-9)10-7-13-14-11(10)6-12(15)16/h2-5,7H,6H2,1H3,(H,13,14)(H,15,16). The van der Waals surface area contributed by atoms with Gasteiger partial charge in [-0.3, -0.25) is 9.89 Å². The molecular formula is C12H12N2O3. The zero-order chi connectivity index (χ0) is 12.3. The van der Waals surface area contributed by atoms with E-state index in [1.807, 2.05) is 24.3 Å². The van der Waals surface area contributed by atoms with Crippen LogP contribution in [0.15, 0.2) is 30.5 Å². The van der Waals surface area contributed by atoms with E-state index in [-0.39, 0.29) is 6.42 Å². The molecule has 2 aromatic rings. The Labute approximate surface area is 98.0 Å². The molecule has 0 saturated heterocycles. The van der Waals surface area contributed by atoms with Gasteiger partial charge in [0.15, 0.2) is 0 Å². The molecule has 5 heteroatoms. The number of nitrogens with zero attached hydrogens (tertiary/aromatic N) is 1. The molecule has 17 heavy (non-hydrogen) atoms. The van der Waals surface area contributed by atoms with Crippen molar-refractivity contribution in [1.82, 2.24) is 10.2 Å². The van der Waals surface area contributed by atoms with E-state index in [9.17, 15) is 4.79 Å². The van der Waals surface area contributed by atoms with Crippen LogP contribution in [-0.4, -0.2) is 28.4 Å². The summed E-state index contributed by atoms with van der Waals surface area (Å²) in [7, 11) is 1.59. The Balaban J connectivity index is 2.38. The molecule has 1 aromatic heterocycles. The molecule has 0 aliphatic carbocycles. The summed E-state index contributed by atoms with van der Waals surface area (Å²) >= 11 is 0. The molecule has 0 aliphatic heterocycles. The molecule has 0 unspecified atom stereocenters. The Morgan fingerprint density at radius 1 is 1.53 bits per heavy atom. The monoisotopic (exact) mass is 232 g/mol. The van der Waals surface area contributed by atoms with Gasteiger partial charge in [0.1, 0.15) is 5.75 Å². The van der Waals surface area contributed by atoms with Crippen molar-refractivity contribution in [3.8, 4) is 16.9 Å². The number of rotatable bonds is 4. The van der Waals surface area contributed by atoms with Crippen LogP contribution in [0.5, 0.6) is 5.75 Å². The molecule has 5 nitrogen and oxygen atoms in total. The number of nitrogens with one attached hydrogen (secondary N) is 1. The van der Waals surface area contributed by atoms with Crippen LogP contribution in [0, 0.1) is 0 Å². The van der Waals surface area contributed by atoms with Crippen LogP contribution in [0.3, 0.4) is 0 Å². The zero-order valence-electron chi connectivity index (χ0n) is 9.30. The Kier molecular flexibility index (Phi) is 3.09. The lowest BCUT2D eigenvalue weighted by Gasteiger charge is -2.04. The quantitative estimate of drug-likeness (QED) is 0.841. The van der Waals surface area contributed by atoms with Crippen molar-refractivity contribution in [1.29, 1.82) is 0 Å². The molecule has 0 amide bonds. The number of methoxy groups -OCH3 is 1. The van der Waals surface area contributed by atoms with E-state index in [1.54, 1.807) is 13.3 Å². The first-order valence-electron chi connectivity index (χ1n) is 5.09. The maximum absolute atomic E-state index is 10.7. The number of benzene rings is 1. The molecule has 0 radical (unpaired) electrons. The van der Waals surface area contributed by atoms with Crippen molar-refractivity contribution in [3.05, 3.63) is 36.2 Å². The number of carbonyl (C=O) groups is 1. The summed E-state index contributed by atoms with van der Waals surface area (Å²) in [6.45, 7) is 0. The summed E-state index contributed by atoms with van der Waals surface area (Å²) in [5.41, 5.74) is 2.26. The smallest absolute Gasteiger partial charge is 0.309 e. The molecule has 0 fully saturated rings. The summed E-state index contributed by atoms with van der Waals surface area (Å²) in [5, 5.41) is 15.4. The fraction of sp³-hybridized carbons (Fsp3) is 0.167. The Morgan fingerprint density at radius 2 is 2.35 bits per heavy atom. The summed E-state index contributed by atoms with van der Waals surface area (Å²) in [6.07, 6.45) is 1.54. The number of aromatic amines is 1. The maximum Gasteiger partial charge on any atom is 0.309 e. The largest absolute Gasteiger partial charge is 0.497 e. The third-order valence-electron chi connectivity index (χ3n) is 2.43. The molecule has 88 valence electrons. The number of hydrogen-bond donors (Lipinski definition) is 2. The van der Waals surface area contributed by atoms with E-state index in [4.69, 9.17) is 9.84 Å². The summed E-state index contributed by atoms with van der Waals surface area (Å²) in [6, 6.07) is 7.42. The predicted molar refractivity (Wildman–Crippen MR) is 61.9 cm³/mol. The number of aromatic nitrogens is 2. The van der Waals surface area contributed by atoms with Crippen LogP contribution >= 0.6 is 0 Å². The van der Waals surface area contributed by atoms with Gasteiger partial charge in [-0.25, -0.2) is 0 Å². The average molecular weight is 232 g/mol. The molecular weight excluding hydrogens is 220 g/mol. The normalized spacial score (nSPS) is 10.2.